The summed E-state index contributed by atoms with van der Waals surface area (Å²) in [5.41, 5.74) is 0.833. The first-order chi connectivity index (χ1) is 9.56. The monoisotopic (exact) mass is 297 g/mol. The number of benzene rings is 1. The van der Waals surface area contributed by atoms with Gasteiger partial charge in [-0.05, 0) is 12.1 Å². The number of carboxylic acids is 1. The average molecular weight is 298 g/mol. The van der Waals surface area contributed by atoms with Crippen LogP contribution in [-0.4, -0.2) is 29.4 Å². The molecule has 0 aliphatic heterocycles. The molecule has 106 valence electrons. The molecule has 1 aromatic carbocycles. The Bertz CT molecular complexity index is 679. The van der Waals surface area contributed by atoms with Crippen LogP contribution < -0.4 is 0 Å². The lowest BCUT2D eigenvalue weighted by Crippen LogP contribution is -2.04. The summed E-state index contributed by atoms with van der Waals surface area (Å²) < 4.78 is 20.6. The smallest absolute Gasteiger partial charge is 0.328 e. The quantitative estimate of drug-likeness (QED) is 0.862. The number of ether oxygens (including phenoxy) is 1. The van der Waals surface area contributed by atoms with Crippen molar-refractivity contribution in [2.75, 3.05) is 13.7 Å². The maximum atomic E-state index is 14.0. The molecule has 0 aliphatic rings. The van der Waals surface area contributed by atoms with Gasteiger partial charge in [0.1, 0.15) is 11.0 Å². The van der Waals surface area contributed by atoms with Crippen molar-refractivity contribution in [1.29, 1.82) is 0 Å². The van der Waals surface area contributed by atoms with Crippen LogP contribution in [0, 0.1) is 5.82 Å². The van der Waals surface area contributed by atoms with E-state index in [2.05, 4.69) is 0 Å². The van der Waals surface area contributed by atoms with E-state index in [1.54, 1.807) is 23.8 Å². The van der Waals surface area contributed by atoms with Gasteiger partial charge in [-0.3, -0.25) is 0 Å². The number of nitrogens with zero attached hydrogens (tertiary/aromatic N) is 1. The molecule has 0 amide bonds. The van der Waals surface area contributed by atoms with Crippen molar-refractivity contribution in [3.63, 3.8) is 0 Å². The molecule has 0 atom stereocenters. The number of halogens is 2. The SMILES string of the molecule is COCCn1c(Cl)c(/C=C/C(=O)O)c2cccc(F)c21. The minimum atomic E-state index is -1.09. The van der Waals surface area contributed by atoms with E-state index in [0.29, 0.717) is 34.8 Å². The summed E-state index contributed by atoms with van der Waals surface area (Å²) in [6.45, 7) is 0.758. The number of para-hydroxylation sites is 1. The van der Waals surface area contributed by atoms with Crippen molar-refractivity contribution in [1.82, 2.24) is 4.57 Å². The van der Waals surface area contributed by atoms with E-state index in [-0.39, 0.29) is 0 Å². The fraction of sp³-hybridized carbons (Fsp3) is 0.214. The zero-order chi connectivity index (χ0) is 14.7. The second-order valence-corrected chi connectivity index (χ2v) is 4.51. The van der Waals surface area contributed by atoms with Crippen LogP contribution in [0.3, 0.4) is 0 Å². The molecule has 6 heteroatoms. The number of aliphatic carboxylic acids is 1. The van der Waals surface area contributed by atoms with Crippen LogP contribution in [0.1, 0.15) is 5.56 Å². The number of fused-ring (bicyclic) bond motifs is 1. The van der Waals surface area contributed by atoms with Crippen LogP contribution in [0.5, 0.6) is 0 Å². The van der Waals surface area contributed by atoms with Gasteiger partial charge in [-0.2, -0.15) is 0 Å². The largest absolute Gasteiger partial charge is 0.478 e. The van der Waals surface area contributed by atoms with Crippen LogP contribution in [0.4, 0.5) is 4.39 Å². The van der Waals surface area contributed by atoms with E-state index >= 15 is 0 Å². The van der Waals surface area contributed by atoms with Crippen LogP contribution in [0.15, 0.2) is 24.3 Å². The molecule has 20 heavy (non-hydrogen) atoms. The van der Waals surface area contributed by atoms with Crippen LogP contribution in [-0.2, 0) is 16.1 Å². The zero-order valence-corrected chi connectivity index (χ0v) is 11.5. The van der Waals surface area contributed by atoms with Crippen molar-refractivity contribution in [2.24, 2.45) is 0 Å². The Hall–Kier alpha value is -1.85. The molecular formula is C14H13ClFNO3. The van der Waals surface area contributed by atoms with Crippen LogP contribution in [0.2, 0.25) is 5.15 Å². The normalized spacial score (nSPS) is 11.6. The highest BCUT2D eigenvalue weighted by atomic mass is 35.5. The van der Waals surface area contributed by atoms with Crippen molar-refractivity contribution in [2.45, 2.75) is 6.54 Å². The van der Waals surface area contributed by atoms with Crippen molar-refractivity contribution >= 4 is 34.5 Å². The molecule has 1 heterocycles. The molecule has 0 bridgehead atoms. The van der Waals surface area contributed by atoms with Gasteiger partial charge in [0.05, 0.1) is 12.1 Å². The Kier molecular flexibility index (Phi) is 4.42. The first-order valence-electron chi connectivity index (χ1n) is 5.92. The predicted octanol–water partition coefficient (Wildman–Crippen LogP) is 3.18. The van der Waals surface area contributed by atoms with Gasteiger partial charge in [-0.25, -0.2) is 9.18 Å². The lowest BCUT2D eigenvalue weighted by atomic mass is 10.1. The van der Waals surface area contributed by atoms with Crippen LogP contribution >= 0.6 is 11.6 Å². The first kappa shape index (κ1) is 14.6. The molecular weight excluding hydrogens is 285 g/mol. The summed E-state index contributed by atoms with van der Waals surface area (Å²) in [6, 6.07) is 4.61. The van der Waals surface area contributed by atoms with E-state index in [9.17, 15) is 9.18 Å². The van der Waals surface area contributed by atoms with Crippen molar-refractivity contribution in [3.05, 3.63) is 40.8 Å². The second kappa shape index (κ2) is 6.07. The highest BCUT2D eigenvalue weighted by Gasteiger charge is 2.16. The van der Waals surface area contributed by atoms with Gasteiger partial charge in [0.15, 0.2) is 0 Å². The lowest BCUT2D eigenvalue weighted by Gasteiger charge is -2.06. The summed E-state index contributed by atoms with van der Waals surface area (Å²) in [6.07, 6.45) is 2.35. The van der Waals surface area contributed by atoms with Gasteiger partial charge in [0, 0.05) is 30.7 Å². The Morgan fingerprint density at radius 2 is 2.30 bits per heavy atom. The summed E-state index contributed by atoms with van der Waals surface area (Å²) in [5, 5.41) is 9.57. The average Bonchev–Trinajstić information content (AvgIpc) is 2.67. The predicted molar refractivity (Wildman–Crippen MR) is 75.5 cm³/mol. The third-order valence-electron chi connectivity index (χ3n) is 2.92. The van der Waals surface area contributed by atoms with E-state index in [0.717, 1.165) is 6.08 Å². The number of methoxy groups -OCH3 is 1. The Morgan fingerprint density at radius 1 is 1.55 bits per heavy atom. The summed E-state index contributed by atoms with van der Waals surface area (Å²) >= 11 is 6.24. The highest BCUT2D eigenvalue weighted by Crippen LogP contribution is 2.32. The molecule has 4 nitrogen and oxygen atoms in total. The molecule has 0 unspecified atom stereocenters. The number of carbonyl (C=O) groups is 1. The van der Waals surface area contributed by atoms with Crippen molar-refractivity contribution in [3.8, 4) is 0 Å². The van der Waals surface area contributed by atoms with Gasteiger partial charge in [0.2, 0.25) is 0 Å². The summed E-state index contributed by atoms with van der Waals surface area (Å²) in [7, 11) is 1.54. The van der Waals surface area contributed by atoms with Gasteiger partial charge in [-0.1, -0.05) is 23.7 Å². The summed E-state index contributed by atoms with van der Waals surface area (Å²) in [5.74, 6) is -1.49. The van der Waals surface area contributed by atoms with E-state index in [1.807, 2.05) is 0 Å². The minimum Gasteiger partial charge on any atom is -0.478 e. The van der Waals surface area contributed by atoms with E-state index in [4.69, 9.17) is 21.4 Å². The molecule has 0 saturated carbocycles. The first-order valence-corrected chi connectivity index (χ1v) is 6.30. The number of hydrogen-bond acceptors (Lipinski definition) is 2. The van der Waals surface area contributed by atoms with Gasteiger partial charge in [0.25, 0.3) is 0 Å². The third-order valence-corrected chi connectivity index (χ3v) is 3.33. The van der Waals surface area contributed by atoms with Gasteiger partial charge in [-0.15, -0.1) is 0 Å². The minimum absolute atomic E-state index is 0.291. The molecule has 0 aliphatic carbocycles. The maximum absolute atomic E-state index is 14.0. The molecule has 1 aromatic heterocycles. The lowest BCUT2D eigenvalue weighted by molar-refractivity contribution is -0.131. The Balaban J connectivity index is 2.66. The molecule has 0 fully saturated rings. The number of carboxylic acid groups (broad SMARTS) is 1. The molecule has 2 rings (SSSR count). The molecule has 0 radical (unpaired) electrons. The Morgan fingerprint density at radius 3 is 2.95 bits per heavy atom. The highest BCUT2D eigenvalue weighted by molar-refractivity contribution is 6.33. The standard InChI is InChI=1S/C14H13ClFNO3/c1-20-8-7-17-13-9(3-2-4-11(13)16)10(14(17)15)5-6-12(18)19/h2-6H,7-8H2,1H3,(H,18,19)/b6-5+. The topological polar surface area (TPSA) is 51.5 Å². The Labute approximate surface area is 120 Å². The summed E-state index contributed by atoms with van der Waals surface area (Å²) in [4.78, 5) is 10.6. The molecule has 0 spiro atoms. The van der Waals surface area contributed by atoms with Crippen LogP contribution in [0.25, 0.3) is 17.0 Å². The van der Waals surface area contributed by atoms with E-state index in [1.165, 1.54) is 12.1 Å². The fourth-order valence-corrected chi connectivity index (χ4v) is 2.40. The fourth-order valence-electron chi connectivity index (χ4n) is 2.07. The second-order valence-electron chi connectivity index (χ2n) is 4.16. The third kappa shape index (κ3) is 2.69. The molecule has 2 aromatic rings. The number of rotatable bonds is 5. The van der Waals surface area contributed by atoms with Crippen molar-refractivity contribution < 1.29 is 19.0 Å². The zero-order valence-electron chi connectivity index (χ0n) is 10.8. The number of aromatic nitrogens is 1. The van der Waals surface area contributed by atoms with E-state index < -0.39 is 11.8 Å². The molecule has 0 saturated heterocycles. The maximum Gasteiger partial charge on any atom is 0.328 e. The number of hydrogen-bond donors (Lipinski definition) is 1. The van der Waals surface area contributed by atoms with Gasteiger partial charge < -0.3 is 14.4 Å². The van der Waals surface area contributed by atoms with Gasteiger partial charge >= 0.3 is 5.97 Å². The molecule has 1 N–H and O–H groups in total.